The van der Waals surface area contributed by atoms with Crippen LogP contribution in [-0.4, -0.2) is 45.5 Å². The molecular formula is C25H34N2O4Si. The van der Waals surface area contributed by atoms with Gasteiger partial charge in [0.1, 0.15) is 17.7 Å². The van der Waals surface area contributed by atoms with Crippen LogP contribution in [0.2, 0.25) is 25.7 Å². The summed E-state index contributed by atoms with van der Waals surface area (Å²) in [6.07, 6.45) is -0.955. The molecule has 0 saturated carbocycles. The van der Waals surface area contributed by atoms with E-state index in [1.54, 1.807) is 14.2 Å². The summed E-state index contributed by atoms with van der Waals surface area (Å²) in [6.45, 7) is 10.6. The van der Waals surface area contributed by atoms with E-state index in [0.29, 0.717) is 42.4 Å². The number of hydrogen-bond donors (Lipinski definition) is 1. The van der Waals surface area contributed by atoms with Gasteiger partial charge in [-0.25, -0.2) is 0 Å². The predicted molar refractivity (Wildman–Crippen MR) is 128 cm³/mol. The number of rotatable bonds is 9. The molecule has 2 unspecified atom stereocenters. The van der Waals surface area contributed by atoms with Gasteiger partial charge in [-0.3, -0.25) is 4.90 Å². The Morgan fingerprint density at radius 2 is 1.81 bits per heavy atom. The molecule has 0 spiro atoms. The Hall–Kier alpha value is -2.37. The first-order valence-corrected chi connectivity index (χ1v) is 14.7. The lowest BCUT2D eigenvalue weighted by Crippen LogP contribution is -2.31. The molecule has 1 aliphatic heterocycles. The van der Waals surface area contributed by atoms with Crippen LogP contribution >= 0.6 is 0 Å². The van der Waals surface area contributed by atoms with E-state index in [2.05, 4.69) is 25.7 Å². The maximum atomic E-state index is 11.5. The van der Waals surface area contributed by atoms with Crippen molar-refractivity contribution in [1.82, 2.24) is 4.90 Å². The van der Waals surface area contributed by atoms with Gasteiger partial charge in [0.2, 0.25) is 0 Å². The molecule has 2 aromatic carbocycles. The van der Waals surface area contributed by atoms with Gasteiger partial charge in [-0.05, 0) is 53.9 Å². The topological polar surface area (TPSA) is 75.0 Å². The molecule has 0 aliphatic carbocycles. The Morgan fingerprint density at radius 3 is 2.38 bits per heavy atom. The number of fused-ring (bicyclic) bond motifs is 1. The second kappa shape index (κ2) is 10.0. The molecule has 0 amide bonds. The minimum atomic E-state index is -1.20. The van der Waals surface area contributed by atoms with Gasteiger partial charge in [-0.2, -0.15) is 5.26 Å². The van der Waals surface area contributed by atoms with Crippen molar-refractivity contribution in [2.75, 3.05) is 27.4 Å². The number of ether oxygens (including phenoxy) is 3. The summed E-state index contributed by atoms with van der Waals surface area (Å²) >= 11 is 0. The first kappa shape index (κ1) is 24.3. The van der Waals surface area contributed by atoms with E-state index in [4.69, 9.17) is 14.2 Å². The summed E-state index contributed by atoms with van der Waals surface area (Å²) in [5, 5.41) is 20.9. The van der Waals surface area contributed by atoms with E-state index < -0.39 is 14.3 Å². The molecule has 0 bridgehead atoms. The minimum absolute atomic E-state index is 0.134. The molecule has 1 heterocycles. The third-order valence-electron chi connectivity index (χ3n) is 5.92. The Kier molecular flexibility index (Phi) is 7.62. The predicted octanol–water partition coefficient (Wildman–Crippen LogP) is 4.79. The van der Waals surface area contributed by atoms with Gasteiger partial charge in [0.05, 0.1) is 44.1 Å². The van der Waals surface area contributed by atoms with Crippen molar-refractivity contribution in [3.05, 3.63) is 58.1 Å². The van der Waals surface area contributed by atoms with Gasteiger partial charge in [0.25, 0.3) is 0 Å². The molecule has 0 saturated heterocycles. The van der Waals surface area contributed by atoms with Gasteiger partial charge < -0.3 is 19.3 Å². The summed E-state index contributed by atoms with van der Waals surface area (Å²) < 4.78 is 17.3. The fraction of sp³-hybridized carbons (Fsp3) is 0.480. The van der Waals surface area contributed by atoms with Crippen LogP contribution < -0.4 is 9.47 Å². The van der Waals surface area contributed by atoms with Gasteiger partial charge in [0, 0.05) is 21.2 Å². The summed E-state index contributed by atoms with van der Waals surface area (Å²) in [5.41, 5.74) is 4.32. The third-order valence-corrected chi connectivity index (χ3v) is 7.62. The molecule has 0 aromatic heterocycles. The van der Waals surface area contributed by atoms with Crippen LogP contribution in [-0.2, 0) is 11.3 Å². The Morgan fingerprint density at radius 1 is 1.16 bits per heavy atom. The van der Waals surface area contributed by atoms with E-state index in [1.165, 1.54) is 0 Å². The molecule has 2 atom stereocenters. The van der Waals surface area contributed by atoms with Crippen molar-refractivity contribution in [3.63, 3.8) is 0 Å². The van der Waals surface area contributed by atoms with Crippen LogP contribution in [0.25, 0.3) is 0 Å². The molecule has 1 N–H and O–H groups in total. The van der Waals surface area contributed by atoms with Crippen LogP contribution in [0.4, 0.5) is 0 Å². The second-order valence-electron chi connectivity index (χ2n) is 9.56. The molecule has 0 radical (unpaired) electrons. The number of methoxy groups -OCH3 is 2. The van der Waals surface area contributed by atoms with E-state index >= 15 is 0 Å². The fourth-order valence-corrected chi connectivity index (χ4v) is 4.89. The second-order valence-corrected chi connectivity index (χ2v) is 15.2. The summed E-state index contributed by atoms with van der Waals surface area (Å²) in [5.74, 6) is 1.17. The minimum Gasteiger partial charge on any atom is -0.496 e. The van der Waals surface area contributed by atoms with E-state index in [-0.39, 0.29) is 6.04 Å². The zero-order chi connectivity index (χ0) is 23.5. The van der Waals surface area contributed by atoms with Crippen molar-refractivity contribution >= 4 is 8.07 Å². The summed E-state index contributed by atoms with van der Waals surface area (Å²) in [6, 6.07) is 12.7. The lowest BCUT2D eigenvalue weighted by atomic mass is 10.0. The summed E-state index contributed by atoms with van der Waals surface area (Å²) in [7, 11) is 2.00. The largest absolute Gasteiger partial charge is 0.496 e. The van der Waals surface area contributed by atoms with Crippen molar-refractivity contribution < 1.29 is 19.3 Å². The SMILES string of the molecule is COc1cc(C)cc(OC)c1C(O)N1Cc2cc(C#N)ccc2C1COCC[Si](C)(C)C. The maximum absolute atomic E-state index is 11.5. The number of hydrogen-bond acceptors (Lipinski definition) is 6. The highest BCUT2D eigenvalue weighted by Crippen LogP contribution is 2.44. The van der Waals surface area contributed by atoms with Crippen LogP contribution in [0, 0.1) is 18.3 Å². The van der Waals surface area contributed by atoms with Crippen molar-refractivity contribution in [3.8, 4) is 17.6 Å². The average molecular weight is 455 g/mol. The highest BCUT2D eigenvalue weighted by atomic mass is 28.3. The number of nitrogens with zero attached hydrogens (tertiary/aromatic N) is 2. The number of benzene rings is 2. The van der Waals surface area contributed by atoms with Crippen LogP contribution in [0.3, 0.4) is 0 Å². The number of aliphatic hydroxyl groups excluding tert-OH is 1. The van der Waals surface area contributed by atoms with Crippen molar-refractivity contribution in [2.45, 2.75) is 51.4 Å². The molecular weight excluding hydrogens is 420 g/mol. The van der Waals surface area contributed by atoms with Gasteiger partial charge in [-0.1, -0.05) is 25.7 Å². The maximum Gasteiger partial charge on any atom is 0.141 e. The zero-order valence-corrected chi connectivity index (χ0v) is 20.9. The number of aliphatic hydroxyl groups is 1. The average Bonchev–Trinajstić information content (AvgIpc) is 3.12. The van der Waals surface area contributed by atoms with E-state index in [9.17, 15) is 10.4 Å². The normalized spacial score (nSPS) is 17.0. The first-order chi connectivity index (χ1) is 15.2. The first-order valence-electron chi connectivity index (χ1n) is 11.0. The lowest BCUT2D eigenvalue weighted by molar-refractivity contribution is -0.0504. The highest BCUT2D eigenvalue weighted by Gasteiger charge is 2.37. The van der Waals surface area contributed by atoms with Crippen LogP contribution in [0.15, 0.2) is 30.3 Å². The smallest absolute Gasteiger partial charge is 0.141 e. The van der Waals surface area contributed by atoms with E-state index in [0.717, 1.165) is 22.7 Å². The van der Waals surface area contributed by atoms with Gasteiger partial charge in [-0.15, -0.1) is 0 Å². The number of aryl methyl sites for hydroxylation is 1. The Balaban J connectivity index is 1.94. The third kappa shape index (κ3) is 5.33. The van der Waals surface area contributed by atoms with Crippen molar-refractivity contribution in [2.24, 2.45) is 0 Å². The summed E-state index contributed by atoms with van der Waals surface area (Å²) in [4.78, 5) is 2.00. The Bertz CT molecular complexity index is 971. The molecule has 2 aromatic rings. The quantitative estimate of drug-likeness (QED) is 0.434. The lowest BCUT2D eigenvalue weighted by Gasteiger charge is -2.32. The molecule has 1 aliphatic rings. The standard InChI is InChI=1S/C25H34N2O4Si/c1-17-11-22(29-2)24(23(12-17)30-3)25(28)27-15-19-13-18(14-26)7-8-20(19)21(27)16-31-9-10-32(4,5)6/h7-8,11-13,21,25,28H,9-10,15-16H2,1-6H3. The molecule has 6 nitrogen and oxygen atoms in total. The van der Waals surface area contributed by atoms with Crippen LogP contribution in [0.1, 0.15) is 40.1 Å². The highest BCUT2D eigenvalue weighted by molar-refractivity contribution is 6.76. The molecule has 3 rings (SSSR count). The Labute approximate surface area is 192 Å². The molecule has 0 fully saturated rings. The monoisotopic (exact) mass is 454 g/mol. The molecule has 32 heavy (non-hydrogen) atoms. The zero-order valence-electron chi connectivity index (χ0n) is 19.9. The van der Waals surface area contributed by atoms with Gasteiger partial charge in [0.15, 0.2) is 0 Å². The number of nitriles is 1. The van der Waals surface area contributed by atoms with Crippen molar-refractivity contribution in [1.29, 1.82) is 5.26 Å². The fourth-order valence-electron chi connectivity index (χ4n) is 4.13. The molecule has 7 heteroatoms. The van der Waals surface area contributed by atoms with Crippen LogP contribution in [0.5, 0.6) is 11.5 Å². The molecule has 172 valence electrons. The van der Waals surface area contributed by atoms with Gasteiger partial charge >= 0.3 is 0 Å². The van der Waals surface area contributed by atoms with E-state index in [1.807, 2.05) is 42.2 Å².